The van der Waals surface area contributed by atoms with Gasteiger partial charge in [0, 0.05) is 56.2 Å². The van der Waals surface area contributed by atoms with Gasteiger partial charge in [-0.25, -0.2) is 4.79 Å². The van der Waals surface area contributed by atoms with E-state index in [0.29, 0.717) is 6.42 Å². The predicted octanol–water partition coefficient (Wildman–Crippen LogP) is 4.39. The van der Waals surface area contributed by atoms with Crippen LogP contribution in [0.1, 0.15) is 44.7 Å². The molecule has 36 heavy (non-hydrogen) atoms. The minimum atomic E-state index is -0.729. The highest BCUT2D eigenvalue weighted by Gasteiger charge is 2.28. The molecule has 192 valence electrons. The van der Waals surface area contributed by atoms with Crippen LogP contribution in [0.2, 0.25) is 0 Å². The Kier molecular flexibility index (Phi) is 7.99. The SMILES string of the molecule is Cn1cc(C[C@@H](NC(=O)OC(C)(C)C)C(=O)NC2CCN(Cc3ccccc3)CC2)c2ccccc21. The van der Waals surface area contributed by atoms with Gasteiger partial charge in [-0.2, -0.15) is 0 Å². The molecule has 7 heteroatoms. The number of likely N-dealkylation sites (tertiary alicyclic amines) is 1. The number of alkyl carbamates (subject to hydrolysis) is 1. The van der Waals surface area contributed by atoms with Crippen molar-refractivity contribution in [2.45, 2.75) is 64.3 Å². The fourth-order valence-corrected chi connectivity index (χ4v) is 4.85. The first-order valence-electron chi connectivity index (χ1n) is 12.8. The summed E-state index contributed by atoms with van der Waals surface area (Å²) in [5, 5.41) is 7.12. The van der Waals surface area contributed by atoms with E-state index in [9.17, 15) is 9.59 Å². The van der Waals surface area contributed by atoms with Crippen molar-refractivity contribution < 1.29 is 14.3 Å². The van der Waals surface area contributed by atoms with Gasteiger partial charge < -0.3 is 19.9 Å². The lowest BCUT2D eigenvalue weighted by Crippen LogP contribution is -2.53. The van der Waals surface area contributed by atoms with Crippen LogP contribution >= 0.6 is 0 Å². The maximum absolute atomic E-state index is 13.4. The average Bonchev–Trinajstić information content (AvgIpc) is 3.15. The van der Waals surface area contributed by atoms with Crippen LogP contribution in [0.4, 0.5) is 4.79 Å². The van der Waals surface area contributed by atoms with Crippen molar-refractivity contribution in [1.82, 2.24) is 20.1 Å². The molecule has 1 fully saturated rings. The number of fused-ring (bicyclic) bond motifs is 1. The van der Waals surface area contributed by atoms with Crippen molar-refractivity contribution in [3.8, 4) is 0 Å². The standard InChI is InChI=1S/C29H38N4O3/c1-29(2,3)36-28(35)31-25(18-22-20-32(4)26-13-9-8-12-24(22)26)27(34)30-23-14-16-33(17-15-23)19-21-10-6-5-7-11-21/h5-13,20,23,25H,14-19H2,1-4H3,(H,30,34)(H,31,35)/t25-/m1/s1. The summed E-state index contributed by atoms with van der Waals surface area (Å²) in [5.41, 5.74) is 2.77. The quantitative estimate of drug-likeness (QED) is 0.515. The lowest BCUT2D eigenvalue weighted by atomic mass is 10.0. The molecule has 7 nitrogen and oxygen atoms in total. The first-order valence-corrected chi connectivity index (χ1v) is 12.8. The van der Waals surface area contributed by atoms with Crippen LogP contribution in [-0.2, 0) is 29.5 Å². The number of nitrogens with zero attached hydrogens (tertiary/aromatic N) is 2. The molecule has 3 aromatic rings. The minimum Gasteiger partial charge on any atom is -0.444 e. The monoisotopic (exact) mass is 490 g/mol. The van der Waals surface area contributed by atoms with E-state index in [4.69, 9.17) is 4.74 Å². The molecule has 2 heterocycles. The number of hydrogen-bond donors (Lipinski definition) is 2. The Bertz CT molecular complexity index is 1170. The maximum Gasteiger partial charge on any atom is 0.408 e. The van der Waals surface area contributed by atoms with Gasteiger partial charge in [0.15, 0.2) is 0 Å². The molecule has 0 radical (unpaired) electrons. The molecule has 0 unspecified atom stereocenters. The second-order valence-electron chi connectivity index (χ2n) is 10.7. The topological polar surface area (TPSA) is 75.6 Å². The van der Waals surface area contributed by atoms with Crippen LogP contribution in [0.5, 0.6) is 0 Å². The average molecular weight is 491 g/mol. The summed E-state index contributed by atoms with van der Waals surface area (Å²) < 4.78 is 7.52. The molecule has 4 rings (SSSR count). The zero-order valence-electron chi connectivity index (χ0n) is 21.8. The second kappa shape index (κ2) is 11.2. The van der Waals surface area contributed by atoms with E-state index in [1.54, 1.807) is 0 Å². The third-order valence-electron chi connectivity index (χ3n) is 6.59. The first kappa shape index (κ1) is 25.8. The number of piperidine rings is 1. The third-order valence-corrected chi connectivity index (χ3v) is 6.59. The van der Waals surface area contributed by atoms with Crippen molar-refractivity contribution in [3.63, 3.8) is 0 Å². The van der Waals surface area contributed by atoms with Gasteiger partial charge in [-0.05, 0) is 50.8 Å². The summed E-state index contributed by atoms with van der Waals surface area (Å²) in [4.78, 5) is 28.5. The van der Waals surface area contributed by atoms with Gasteiger partial charge in [-0.1, -0.05) is 48.5 Å². The summed E-state index contributed by atoms with van der Waals surface area (Å²) >= 11 is 0. The van der Waals surface area contributed by atoms with E-state index in [1.807, 2.05) is 52.2 Å². The molecule has 0 aliphatic carbocycles. The van der Waals surface area contributed by atoms with Crippen LogP contribution in [0.15, 0.2) is 60.8 Å². The fourth-order valence-electron chi connectivity index (χ4n) is 4.85. The number of carbonyl (C=O) groups excluding carboxylic acids is 2. The molecule has 2 aromatic carbocycles. The Hall–Kier alpha value is -3.32. The van der Waals surface area contributed by atoms with Gasteiger partial charge in [0.05, 0.1) is 0 Å². The van der Waals surface area contributed by atoms with Crippen molar-refractivity contribution in [2.75, 3.05) is 13.1 Å². The number of aryl methyl sites for hydroxylation is 1. The van der Waals surface area contributed by atoms with Crippen molar-refractivity contribution in [3.05, 3.63) is 71.9 Å². The highest BCUT2D eigenvalue weighted by molar-refractivity contribution is 5.88. The van der Waals surface area contributed by atoms with Gasteiger partial charge in [-0.15, -0.1) is 0 Å². The predicted molar refractivity (Wildman–Crippen MR) is 143 cm³/mol. The van der Waals surface area contributed by atoms with E-state index < -0.39 is 17.7 Å². The normalized spacial score (nSPS) is 16.0. The highest BCUT2D eigenvalue weighted by atomic mass is 16.6. The molecule has 0 spiro atoms. The molecular formula is C29H38N4O3. The Morgan fingerprint density at radius 2 is 1.69 bits per heavy atom. The number of amides is 2. The maximum atomic E-state index is 13.4. The summed E-state index contributed by atoms with van der Waals surface area (Å²) in [6, 6.07) is 17.9. The van der Waals surface area contributed by atoms with Gasteiger partial charge in [0.2, 0.25) is 5.91 Å². The number of rotatable bonds is 7. The molecule has 2 N–H and O–H groups in total. The summed E-state index contributed by atoms with van der Waals surface area (Å²) in [7, 11) is 1.99. The zero-order chi connectivity index (χ0) is 25.7. The Balaban J connectivity index is 1.41. The van der Waals surface area contributed by atoms with Crippen LogP contribution in [0.3, 0.4) is 0 Å². The largest absolute Gasteiger partial charge is 0.444 e. The summed E-state index contributed by atoms with van der Waals surface area (Å²) in [6.45, 7) is 8.22. The van der Waals surface area contributed by atoms with E-state index >= 15 is 0 Å². The van der Waals surface area contributed by atoms with E-state index in [2.05, 4.69) is 56.5 Å². The minimum absolute atomic E-state index is 0.0833. The number of ether oxygens (including phenoxy) is 1. The van der Waals surface area contributed by atoms with Gasteiger partial charge in [-0.3, -0.25) is 9.69 Å². The van der Waals surface area contributed by atoms with Crippen LogP contribution in [0, 0.1) is 0 Å². The van der Waals surface area contributed by atoms with Gasteiger partial charge >= 0.3 is 6.09 Å². The molecule has 2 amide bonds. The molecule has 1 aliphatic heterocycles. The molecule has 1 atom stereocenters. The Morgan fingerprint density at radius 1 is 1.03 bits per heavy atom. The number of aromatic nitrogens is 1. The second-order valence-corrected chi connectivity index (χ2v) is 10.7. The molecule has 1 saturated heterocycles. The zero-order valence-corrected chi connectivity index (χ0v) is 21.8. The number of benzene rings is 2. The summed E-state index contributed by atoms with van der Waals surface area (Å²) in [5.74, 6) is -0.171. The van der Waals surface area contributed by atoms with Crippen molar-refractivity contribution >= 4 is 22.9 Å². The number of para-hydroxylation sites is 1. The first-order chi connectivity index (χ1) is 17.2. The van der Waals surface area contributed by atoms with Crippen LogP contribution < -0.4 is 10.6 Å². The van der Waals surface area contributed by atoms with Crippen molar-refractivity contribution in [2.24, 2.45) is 7.05 Å². The van der Waals surface area contributed by atoms with Crippen LogP contribution in [-0.4, -0.2) is 52.2 Å². The van der Waals surface area contributed by atoms with Gasteiger partial charge in [0.25, 0.3) is 0 Å². The lowest BCUT2D eigenvalue weighted by Gasteiger charge is -2.33. The molecule has 0 saturated carbocycles. The number of carbonyl (C=O) groups is 2. The molecule has 0 bridgehead atoms. The van der Waals surface area contributed by atoms with Crippen LogP contribution in [0.25, 0.3) is 10.9 Å². The molecule has 1 aliphatic rings. The smallest absolute Gasteiger partial charge is 0.408 e. The number of nitrogens with one attached hydrogen (secondary N) is 2. The van der Waals surface area contributed by atoms with E-state index in [0.717, 1.165) is 48.9 Å². The Morgan fingerprint density at radius 3 is 2.39 bits per heavy atom. The molecular weight excluding hydrogens is 452 g/mol. The molecule has 1 aromatic heterocycles. The fraction of sp³-hybridized carbons (Fsp3) is 0.448. The van der Waals surface area contributed by atoms with E-state index in [-0.39, 0.29) is 11.9 Å². The van der Waals surface area contributed by atoms with E-state index in [1.165, 1.54) is 5.56 Å². The lowest BCUT2D eigenvalue weighted by molar-refractivity contribution is -0.124. The Labute approximate surface area is 213 Å². The number of hydrogen-bond acceptors (Lipinski definition) is 4. The van der Waals surface area contributed by atoms with Crippen molar-refractivity contribution in [1.29, 1.82) is 0 Å². The third kappa shape index (κ3) is 6.88. The highest BCUT2D eigenvalue weighted by Crippen LogP contribution is 2.22. The van der Waals surface area contributed by atoms with Gasteiger partial charge in [0.1, 0.15) is 11.6 Å². The summed E-state index contributed by atoms with van der Waals surface area (Å²) in [6.07, 6.45) is 3.60.